The van der Waals surface area contributed by atoms with Gasteiger partial charge < -0.3 is 5.11 Å². The molecule has 0 aliphatic rings. The fourth-order valence-electron chi connectivity index (χ4n) is 1.66. The smallest absolute Gasteiger partial charge is 0.303 e. The van der Waals surface area contributed by atoms with E-state index in [-0.39, 0.29) is 11.8 Å². The monoisotopic (exact) mass is 240 g/mol. The van der Waals surface area contributed by atoms with Gasteiger partial charge in [-0.3, -0.25) is 4.79 Å². The van der Waals surface area contributed by atoms with E-state index in [9.17, 15) is 4.79 Å². The molecular formula is C13H17ClO2. The fraction of sp³-hybridized carbons (Fsp3) is 0.462. The van der Waals surface area contributed by atoms with Crippen LogP contribution in [0.5, 0.6) is 0 Å². The fourth-order valence-corrected chi connectivity index (χ4v) is 1.86. The highest BCUT2D eigenvalue weighted by molar-refractivity contribution is 6.20. The van der Waals surface area contributed by atoms with Gasteiger partial charge >= 0.3 is 5.97 Å². The number of hydrogen-bond acceptors (Lipinski definition) is 1. The molecule has 0 saturated heterocycles. The Kier molecular flexibility index (Phi) is 5.33. The maximum atomic E-state index is 10.4. The van der Waals surface area contributed by atoms with Gasteiger partial charge in [-0.1, -0.05) is 37.3 Å². The highest BCUT2D eigenvalue weighted by Crippen LogP contribution is 2.20. The minimum absolute atomic E-state index is 0.0729. The third-order valence-electron chi connectivity index (χ3n) is 2.65. The molecule has 0 spiro atoms. The van der Waals surface area contributed by atoms with Gasteiger partial charge in [0.2, 0.25) is 0 Å². The Morgan fingerprint density at radius 2 is 2.00 bits per heavy atom. The zero-order chi connectivity index (χ0) is 12.0. The van der Waals surface area contributed by atoms with Gasteiger partial charge in [0.05, 0.1) is 0 Å². The van der Waals surface area contributed by atoms with Crippen LogP contribution in [-0.4, -0.2) is 16.5 Å². The molecule has 1 N–H and O–H groups in total. The Bertz CT molecular complexity index is 324. The van der Waals surface area contributed by atoms with Gasteiger partial charge in [0.1, 0.15) is 0 Å². The molecule has 1 rings (SSSR count). The van der Waals surface area contributed by atoms with Gasteiger partial charge in [0, 0.05) is 11.8 Å². The van der Waals surface area contributed by atoms with Crippen molar-refractivity contribution >= 4 is 17.6 Å². The average molecular weight is 241 g/mol. The topological polar surface area (TPSA) is 37.3 Å². The van der Waals surface area contributed by atoms with E-state index in [1.165, 1.54) is 5.56 Å². The molecule has 2 unspecified atom stereocenters. The van der Waals surface area contributed by atoms with Crippen molar-refractivity contribution < 1.29 is 9.90 Å². The molecule has 88 valence electrons. The van der Waals surface area contributed by atoms with Gasteiger partial charge in [0.25, 0.3) is 0 Å². The lowest BCUT2D eigenvalue weighted by molar-refractivity contribution is -0.137. The van der Waals surface area contributed by atoms with Crippen molar-refractivity contribution in [2.24, 2.45) is 5.92 Å². The van der Waals surface area contributed by atoms with Gasteiger partial charge in [-0.05, 0) is 24.3 Å². The molecule has 2 atom stereocenters. The normalized spacial score (nSPS) is 14.4. The lowest BCUT2D eigenvalue weighted by Crippen LogP contribution is -2.15. The number of rotatable bonds is 6. The first-order chi connectivity index (χ1) is 7.59. The summed E-state index contributed by atoms with van der Waals surface area (Å²) in [6.45, 7) is 2.06. The predicted octanol–water partition coefficient (Wildman–Crippen LogP) is 3.34. The minimum Gasteiger partial charge on any atom is -0.481 e. The second-order valence-corrected chi connectivity index (χ2v) is 4.68. The van der Waals surface area contributed by atoms with E-state index in [1.54, 1.807) is 0 Å². The summed E-state index contributed by atoms with van der Waals surface area (Å²) in [7, 11) is 0. The van der Waals surface area contributed by atoms with Gasteiger partial charge in [-0.15, -0.1) is 11.6 Å². The number of aliphatic carboxylic acids is 1. The SMILES string of the molecule is CC(Cc1ccccc1)C(Cl)CCC(=O)O. The lowest BCUT2D eigenvalue weighted by atomic mass is 9.95. The number of carboxylic acids is 1. The highest BCUT2D eigenvalue weighted by atomic mass is 35.5. The number of halogens is 1. The third-order valence-corrected chi connectivity index (χ3v) is 3.30. The molecule has 0 heterocycles. The Balaban J connectivity index is 2.39. The summed E-state index contributed by atoms with van der Waals surface area (Å²) < 4.78 is 0. The van der Waals surface area contributed by atoms with Crippen molar-refractivity contribution in [2.75, 3.05) is 0 Å². The first-order valence-corrected chi connectivity index (χ1v) is 5.93. The molecule has 0 radical (unpaired) electrons. The zero-order valence-electron chi connectivity index (χ0n) is 9.40. The maximum Gasteiger partial charge on any atom is 0.303 e. The average Bonchev–Trinajstić information content (AvgIpc) is 2.27. The number of benzene rings is 1. The molecule has 0 amide bonds. The molecule has 1 aromatic carbocycles. The van der Waals surface area contributed by atoms with E-state index in [0.717, 1.165) is 6.42 Å². The third kappa shape index (κ3) is 4.67. The van der Waals surface area contributed by atoms with E-state index in [0.29, 0.717) is 12.3 Å². The Morgan fingerprint density at radius 1 is 1.38 bits per heavy atom. The number of alkyl halides is 1. The van der Waals surface area contributed by atoms with Crippen molar-refractivity contribution in [3.05, 3.63) is 35.9 Å². The summed E-state index contributed by atoms with van der Waals surface area (Å²) in [5.74, 6) is -0.485. The van der Waals surface area contributed by atoms with Crippen LogP contribution in [0.2, 0.25) is 0 Å². The standard InChI is InChI=1S/C13H17ClO2/c1-10(12(14)7-8-13(15)16)9-11-5-3-2-4-6-11/h2-6,10,12H,7-9H2,1H3,(H,15,16). The summed E-state index contributed by atoms with van der Waals surface area (Å²) in [6.07, 6.45) is 1.58. The quantitative estimate of drug-likeness (QED) is 0.775. The highest BCUT2D eigenvalue weighted by Gasteiger charge is 2.15. The van der Waals surface area contributed by atoms with E-state index < -0.39 is 5.97 Å². The Labute approximate surface area is 101 Å². The first-order valence-electron chi connectivity index (χ1n) is 5.49. The van der Waals surface area contributed by atoms with Gasteiger partial charge in [0.15, 0.2) is 0 Å². The van der Waals surface area contributed by atoms with Crippen LogP contribution in [0.15, 0.2) is 30.3 Å². The van der Waals surface area contributed by atoms with Crippen LogP contribution in [0.4, 0.5) is 0 Å². The van der Waals surface area contributed by atoms with Crippen LogP contribution >= 0.6 is 11.6 Å². The van der Waals surface area contributed by atoms with Crippen molar-refractivity contribution in [3.8, 4) is 0 Å². The minimum atomic E-state index is -0.780. The molecule has 16 heavy (non-hydrogen) atoms. The van der Waals surface area contributed by atoms with Crippen LogP contribution < -0.4 is 0 Å². The van der Waals surface area contributed by atoms with Crippen molar-refractivity contribution in [3.63, 3.8) is 0 Å². The molecule has 3 heteroatoms. The predicted molar refractivity (Wildman–Crippen MR) is 65.8 cm³/mol. The van der Waals surface area contributed by atoms with E-state index in [4.69, 9.17) is 16.7 Å². The molecule has 0 fully saturated rings. The molecule has 0 aliphatic carbocycles. The van der Waals surface area contributed by atoms with Crippen LogP contribution in [0.25, 0.3) is 0 Å². The Morgan fingerprint density at radius 3 is 2.56 bits per heavy atom. The second-order valence-electron chi connectivity index (χ2n) is 4.12. The van der Waals surface area contributed by atoms with Crippen molar-refractivity contribution in [1.29, 1.82) is 0 Å². The lowest BCUT2D eigenvalue weighted by Gasteiger charge is -2.17. The maximum absolute atomic E-state index is 10.4. The van der Waals surface area contributed by atoms with Crippen molar-refractivity contribution in [2.45, 2.75) is 31.6 Å². The summed E-state index contributed by atoms with van der Waals surface area (Å²) >= 11 is 6.16. The summed E-state index contributed by atoms with van der Waals surface area (Å²) in [5.41, 5.74) is 1.25. The Hall–Kier alpha value is -1.02. The number of carboxylic acid groups (broad SMARTS) is 1. The molecule has 0 aromatic heterocycles. The molecular weight excluding hydrogens is 224 g/mol. The van der Waals surface area contributed by atoms with Crippen LogP contribution in [0.3, 0.4) is 0 Å². The summed E-state index contributed by atoms with van der Waals surface area (Å²) in [4.78, 5) is 10.4. The van der Waals surface area contributed by atoms with E-state index >= 15 is 0 Å². The molecule has 1 aromatic rings. The summed E-state index contributed by atoms with van der Waals surface area (Å²) in [5, 5.41) is 8.50. The van der Waals surface area contributed by atoms with Crippen molar-refractivity contribution in [1.82, 2.24) is 0 Å². The molecule has 0 bridgehead atoms. The largest absolute Gasteiger partial charge is 0.481 e. The van der Waals surface area contributed by atoms with Crippen LogP contribution in [0.1, 0.15) is 25.3 Å². The molecule has 0 saturated carbocycles. The van der Waals surface area contributed by atoms with Gasteiger partial charge in [-0.2, -0.15) is 0 Å². The first kappa shape index (κ1) is 13.0. The van der Waals surface area contributed by atoms with Crippen LogP contribution in [-0.2, 0) is 11.2 Å². The molecule has 0 aliphatic heterocycles. The second kappa shape index (κ2) is 6.54. The summed E-state index contributed by atoms with van der Waals surface area (Å²) in [6, 6.07) is 10.1. The molecule has 2 nitrogen and oxygen atoms in total. The van der Waals surface area contributed by atoms with E-state index in [1.807, 2.05) is 18.2 Å². The van der Waals surface area contributed by atoms with Gasteiger partial charge in [-0.25, -0.2) is 0 Å². The van der Waals surface area contributed by atoms with E-state index in [2.05, 4.69) is 19.1 Å². The number of carbonyl (C=O) groups is 1. The zero-order valence-corrected chi connectivity index (χ0v) is 10.2. The number of hydrogen-bond donors (Lipinski definition) is 1. The van der Waals surface area contributed by atoms with Crippen LogP contribution in [0, 0.1) is 5.92 Å².